The minimum absolute atomic E-state index is 0.00794. The van der Waals surface area contributed by atoms with E-state index in [1.165, 1.54) is 4.68 Å². The van der Waals surface area contributed by atoms with Crippen molar-refractivity contribution in [3.05, 3.63) is 17.0 Å². The van der Waals surface area contributed by atoms with E-state index in [-0.39, 0.29) is 17.2 Å². The van der Waals surface area contributed by atoms with Crippen molar-refractivity contribution < 1.29 is 18.3 Å². The van der Waals surface area contributed by atoms with Crippen LogP contribution < -0.4 is 0 Å². The van der Waals surface area contributed by atoms with Gasteiger partial charge in [-0.3, -0.25) is 4.68 Å². The normalized spacial score (nSPS) is 17.7. The summed E-state index contributed by atoms with van der Waals surface area (Å²) in [7, 11) is -3.18. The van der Waals surface area contributed by atoms with E-state index in [2.05, 4.69) is 5.10 Å². The van der Waals surface area contributed by atoms with Crippen LogP contribution in [-0.2, 0) is 27.9 Å². The predicted octanol–water partition coefficient (Wildman–Crippen LogP) is 0.0296. The van der Waals surface area contributed by atoms with E-state index in [1.54, 1.807) is 6.92 Å². The van der Waals surface area contributed by atoms with Gasteiger partial charge in [-0.2, -0.15) is 5.10 Å². The third kappa shape index (κ3) is 1.52. The number of sulfone groups is 1. The molecule has 1 aromatic heterocycles. The molecule has 1 N–H and O–H groups in total. The average molecular weight is 230 g/mol. The number of aryl methyl sites for hydroxylation is 1. The van der Waals surface area contributed by atoms with Gasteiger partial charge in [-0.25, -0.2) is 13.2 Å². The van der Waals surface area contributed by atoms with Gasteiger partial charge >= 0.3 is 5.97 Å². The fraction of sp³-hybridized carbons (Fsp3) is 0.500. The van der Waals surface area contributed by atoms with E-state index in [0.717, 1.165) is 0 Å². The maximum atomic E-state index is 11.3. The van der Waals surface area contributed by atoms with Gasteiger partial charge in [0.1, 0.15) is 0 Å². The van der Waals surface area contributed by atoms with E-state index in [1.807, 2.05) is 0 Å². The Hall–Kier alpha value is -1.37. The summed E-state index contributed by atoms with van der Waals surface area (Å²) in [6.07, 6.45) is 0. The summed E-state index contributed by atoms with van der Waals surface area (Å²) in [5.41, 5.74) is 0.743. The highest BCUT2D eigenvalue weighted by atomic mass is 32.2. The van der Waals surface area contributed by atoms with Crippen molar-refractivity contribution in [3.63, 3.8) is 0 Å². The van der Waals surface area contributed by atoms with E-state index >= 15 is 0 Å². The Morgan fingerprint density at radius 1 is 1.53 bits per heavy atom. The topological polar surface area (TPSA) is 89.3 Å². The zero-order valence-electron chi connectivity index (χ0n) is 8.10. The lowest BCUT2D eigenvalue weighted by Gasteiger charge is -2.01. The molecular formula is C8H10N2O4S. The number of rotatable bonds is 2. The molecule has 82 valence electrons. The summed E-state index contributed by atoms with van der Waals surface area (Å²) in [6.45, 7) is 2.19. The lowest BCUT2D eigenvalue weighted by atomic mass is 10.2. The van der Waals surface area contributed by atoms with Gasteiger partial charge in [-0.15, -0.1) is 0 Å². The van der Waals surface area contributed by atoms with Crippen LogP contribution in [0.2, 0.25) is 0 Å². The summed E-state index contributed by atoms with van der Waals surface area (Å²) in [6, 6.07) is 0. The Morgan fingerprint density at radius 2 is 2.20 bits per heavy atom. The molecule has 0 radical (unpaired) electrons. The Balaban J connectivity index is 2.61. The minimum atomic E-state index is -3.18. The largest absolute Gasteiger partial charge is 0.477 e. The number of carboxylic acids is 1. The second-order valence-corrected chi connectivity index (χ2v) is 5.49. The highest BCUT2D eigenvalue weighted by Gasteiger charge is 2.33. The van der Waals surface area contributed by atoms with Gasteiger partial charge in [0.2, 0.25) is 0 Å². The highest BCUT2D eigenvalue weighted by Crippen LogP contribution is 2.27. The van der Waals surface area contributed by atoms with Gasteiger partial charge in [0.15, 0.2) is 15.5 Å². The summed E-state index contributed by atoms with van der Waals surface area (Å²) < 4.78 is 23.9. The molecule has 6 nitrogen and oxygen atoms in total. The summed E-state index contributed by atoms with van der Waals surface area (Å²) in [5, 5.41) is 12.9. The minimum Gasteiger partial charge on any atom is -0.477 e. The zero-order valence-corrected chi connectivity index (χ0v) is 8.91. The fourth-order valence-corrected chi connectivity index (χ4v) is 3.26. The number of fused-ring (bicyclic) bond motifs is 1. The Labute approximate surface area is 86.4 Å². The molecule has 0 aliphatic carbocycles. The van der Waals surface area contributed by atoms with Gasteiger partial charge in [-0.05, 0) is 6.92 Å². The van der Waals surface area contributed by atoms with Crippen LogP contribution in [0.3, 0.4) is 0 Å². The van der Waals surface area contributed by atoms with Crippen molar-refractivity contribution in [2.24, 2.45) is 0 Å². The molecule has 1 aliphatic heterocycles. The molecule has 0 aromatic carbocycles. The predicted molar refractivity (Wildman–Crippen MR) is 51.2 cm³/mol. The first-order chi connectivity index (χ1) is 6.94. The molecule has 0 unspecified atom stereocenters. The maximum Gasteiger partial charge on any atom is 0.354 e. The number of carbonyl (C=O) groups is 1. The second kappa shape index (κ2) is 3.06. The van der Waals surface area contributed by atoms with Gasteiger partial charge < -0.3 is 5.11 Å². The van der Waals surface area contributed by atoms with Crippen LogP contribution in [0.4, 0.5) is 0 Å². The van der Waals surface area contributed by atoms with Crippen molar-refractivity contribution in [1.29, 1.82) is 0 Å². The molecular weight excluding hydrogens is 220 g/mol. The maximum absolute atomic E-state index is 11.3. The number of aromatic carboxylic acids is 1. The standard InChI is InChI=1S/C8H10N2O4S/c1-2-10-7(8(11)12)5-3-15(13,14)4-6(5)9-10/h2-4H2,1H3,(H,11,12). The SMILES string of the molecule is CCn1nc2c(c1C(=O)O)CS(=O)(=O)C2. The summed E-state index contributed by atoms with van der Waals surface area (Å²) >= 11 is 0. The molecule has 0 saturated carbocycles. The van der Waals surface area contributed by atoms with Crippen LogP contribution in [0.25, 0.3) is 0 Å². The van der Waals surface area contributed by atoms with Crippen LogP contribution in [0.15, 0.2) is 0 Å². The lowest BCUT2D eigenvalue weighted by Crippen LogP contribution is -2.12. The van der Waals surface area contributed by atoms with Crippen LogP contribution in [0, 0.1) is 0 Å². The van der Waals surface area contributed by atoms with Gasteiger partial charge in [0.05, 0.1) is 17.2 Å². The lowest BCUT2D eigenvalue weighted by molar-refractivity contribution is 0.0682. The van der Waals surface area contributed by atoms with Gasteiger partial charge in [0, 0.05) is 12.1 Å². The van der Waals surface area contributed by atoms with Crippen molar-refractivity contribution in [2.45, 2.75) is 25.0 Å². The third-order valence-corrected chi connectivity index (χ3v) is 3.80. The fourth-order valence-electron chi connectivity index (χ4n) is 1.76. The molecule has 1 aromatic rings. The monoisotopic (exact) mass is 230 g/mol. The molecule has 15 heavy (non-hydrogen) atoms. The first-order valence-corrected chi connectivity index (χ1v) is 6.29. The molecule has 0 amide bonds. The molecule has 0 atom stereocenters. The number of hydrogen-bond donors (Lipinski definition) is 1. The molecule has 0 spiro atoms. The van der Waals surface area contributed by atoms with Crippen LogP contribution >= 0.6 is 0 Å². The van der Waals surface area contributed by atoms with Crippen LogP contribution in [0.5, 0.6) is 0 Å². The van der Waals surface area contributed by atoms with Crippen LogP contribution in [0.1, 0.15) is 28.7 Å². The Morgan fingerprint density at radius 3 is 2.73 bits per heavy atom. The van der Waals surface area contributed by atoms with Gasteiger partial charge in [0.25, 0.3) is 0 Å². The van der Waals surface area contributed by atoms with Crippen molar-refractivity contribution in [1.82, 2.24) is 9.78 Å². The smallest absolute Gasteiger partial charge is 0.354 e. The average Bonchev–Trinajstić information content (AvgIpc) is 2.54. The van der Waals surface area contributed by atoms with E-state index < -0.39 is 15.8 Å². The summed E-state index contributed by atoms with van der Waals surface area (Å²) in [4.78, 5) is 11.0. The molecule has 0 fully saturated rings. The first-order valence-electron chi connectivity index (χ1n) is 4.47. The molecule has 2 heterocycles. The summed E-state index contributed by atoms with van der Waals surface area (Å²) in [5.74, 6) is -1.47. The molecule has 7 heteroatoms. The molecule has 0 saturated heterocycles. The highest BCUT2D eigenvalue weighted by molar-refractivity contribution is 7.90. The number of aromatic nitrogens is 2. The first kappa shape index (κ1) is 10.2. The third-order valence-electron chi connectivity index (χ3n) is 2.36. The van der Waals surface area contributed by atoms with Gasteiger partial charge in [-0.1, -0.05) is 0 Å². The van der Waals surface area contributed by atoms with Crippen LogP contribution in [-0.4, -0.2) is 29.3 Å². The second-order valence-electron chi connectivity index (χ2n) is 3.43. The number of hydrogen-bond acceptors (Lipinski definition) is 4. The quantitative estimate of drug-likeness (QED) is 0.774. The van der Waals surface area contributed by atoms with Crippen molar-refractivity contribution >= 4 is 15.8 Å². The number of nitrogens with zero attached hydrogens (tertiary/aromatic N) is 2. The molecule has 0 bridgehead atoms. The zero-order chi connectivity index (χ0) is 11.2. The molecule has 1 aliphatic rings. The van der Waals surface area contributed by atoms with E-state index in [0.29, 0.717) is 17.8 Å². The van der Waals surface area contributed by atoms with E-state index in [4.69, 9.17) is 5.11 Å². The Bertz CT molecular complexity index is 529. The van der Waals surface area contributed by atoms with E-state index in [9.17, 15) is 13.2 Å². The number of carboxylic acid groups (broad SMARTS) is 1. The molecule has 2 rings (SSSR count). The Kier molecular flexibility index (Phi) is 2.07. The van der Waals surface area contributed by atoms with Crippen molar-refractivity contribution in [3.8, 4) is 0 Å². The van der Waals surface area contributed by atoms with Crippen molar-refractivity contribution in [2.75, 3.05) is 0 Å².